The van der Waals surface area contributed by atoms with Gasteiger partial charge in [-0.1, -0.05) is 6.92 Å². The van der Waals surface area contributed by atoms with E-state index in [1.165, 1.54) is 0 Å². The van der Waals surface area contributed by atoms with Crippen LogP contribution in [0.15, 0.2) is 18.2 Å². The molecule has 1 rings (SSSR count). The van der Waals surface area contributed by atoms with Crippen LogP contribution in [0.2, 0.25) is 0 Å². The van der Waals surface area contributed by atoms with Gasteiger partial charge in [0.05, 0.1) is 0 Å². The van der Waals surface area contributed by atoms with Gasteiger partial charge >= 0.3 is 0 Å². The average Bonchev–Trinajstić information content (AvgIpc) is 2.46. The molecule has 0 spiro atoms. The normalized spacial score (nSPS) is 11.6. The van der Waals surface area contributed by atoms with Crippen molar-refractivity contribution in [2.24, 2.45) is 0 Å². The zero-order valence-corrected chi connectivity index (χ0v) is 13.2. The predicted octanol–water partition coefficient (Wildman–Crippen LogP) is 2.07. The summed E-state index contributed by atoms with van der Waals surface area (Å²) in [4.78, 5) is 23.6. The first-order valence-corrected chi connectivity index (χ1v) is 7.33. The van der Waals surface area contributed by atoms with Gasteiger partial charge in [0.15, 0.2) is 0 Å². The topological polar surface area (TPSA) is 70.2 Å². The molecule has 1 atom stereocenters. The highest BCUT2D eigenvalue weighted by molar-refractivity contribution is 5.95. The van der Waals surface area contributed by atoms with E-state index in [0.717, 1.165) is 17.7 Å². The summed E-state index contributed by atoms with van der Waals surface area (Å²) in [6.07, 6.45) is 1.19. The summed E-state index contributed by atoms with van der Waals surface area (Å²) in [6, 6.07) is 5.65. The summed E-state index contributed by atoms with van der Waals surface area (Å²) < 4.78 is 0. The molecule has 1 aromatic rings. The smallest absolute Gasteiger partial charge is 0.251 e. The Bertz CT molecular complexity index is 500. The molecular formula is C16H25N3O2. The van der Waals surface area contributed by atoms with Crippen LogP contribution >= 0.6 is 0 Å². The van der Waals surface area contributed by atoms with Gasteiger partial charge in [0, 0.05) is 37.3 Å². The molecule has 2 amide bonds. The SMILES string of the molecule is CCC(C)NC(=O)CCNC(=O)c1ccc(NC)c(C)c1. The van der Waals surface area contributed by atoms with Crippen LogP contribution in [-0.2, 0) is 4.79 Å². The molecule has 0 saturated carbocycles. The van der Waals surface area contributed by atoms with Crippen molar-refractivity contribution in [1.82, 2.24) is 10.6 Å². The zero-order valence-electron chi connectivity index (χ0n) is 13.2. The van der Waals surface area contributed by atoms with Gasteiger partial charge in [-0.2, -0.15) is 0 Å². The van der Waals surface area contributed by atoms with Gasteiger partial charge in [0.25, 0.3) is 5.91 Å². The Balaban J connectivity index is 2.44. The van der Waals surface area contributed by atoms with Crippen molar-refractivity contribution in [3.63, 3.8) is 0 Å². The highest BCUT2D eigenvalue weighted by Gasteiger charge is 2.09. The number of aryl methyl sites for hydroxylation is 1. The summed E-state index contributed by atoms with van der Waals surface area (Å²) in [5.74, 6) is -0.191. The van der Waals surface area contributed by atoms with Gasteiger partial charge < -0.3 is 16.0 Å². The third-order valence-electron chi connectivity index (χ3n) is 3.42. The molecule has 0 aromatic heterocycles. The second kappa shape index (κ2) is 8.29. The first-order valence-electron chi connectivity index (χ1n) is 7.33. The number of carbonyl (C=O) groups is 2. The third kappa shape index (κ3) is 5.45. The summed E-state index contributed by atoms with van der Waals surface area (Å²) in [6.45, 7) is 6.27. The molecule has 0 aliphatic rings. The fraction of sp³-hybridized carbons (Fsp3) is 0.500. The van der Waals surface area contributed by atoms with Gasteiger partial charge in [-0.3, -0.25) is 9.59 Å². The van der Waals surface area contributed by atoms with E-state index in [1.807, 2.05) is 40.0 Å². The van der Waals surface area contributed by atoms with E-state index in [4.69, 9.17) is 0 Å². The number of hydrogen-bond donors (Lipinski definition) is 3. The molecule has 3 N–H and O–H groups in total. The second-order valence-corrected chi connectivity index (χ2v) is 5.16. The lowest BCUT2D eigenvalue weighted by Crippen LogP contribution is -2.35. The summed E-state index contributed by atoms with van der Waals surface area (Å²) >= 11 is 0. The molecule has 0 bridgehead atoms. The molecule has 116 valence electrons. The number of rotatable bonds is 7. The maximum Gasteiger partial charge on any atom is 0.251 e. The van der Waals surface area contributed by atoms with E-state index in [1.54, 1.807) is 6.07 Å². The van der Waals surface area contributed by atoms with E-state index < -0.39 is 0 Å². The number of amides is 2. The molecule has 1 aromatic carbocycles. The van der Waals surface area contributed by atoms with Crippen LogP contribution in [0.3, 0.4) is 0 Å². The molecule has 1 unspecified atom stereocenters. The highest BCUT2D eigenvalue weighted by atomic mass is 16.2. The molecule has 0 heterocycles. The Kier molecular flexibility index (Phi) is 6.72. The Morgan fingerprint density at radius 2 is 2.00 bits per heavy atom. The quantitative estimate of drug-likeness (QED) is 0.720. The van der Waals surface area contributed by atoms with Crippen LogP contribution in [0.1, 0.15) is 42.6 Å². The molecular weight excluding hydrogens is 266 g/mol. The highest BCUT2D eigenvalue weighted by Crippen LogP contribution is 2.15. The number of carbonyl (C=O) groups excluding carboxylic acids is 2. The summed E-state index contributed by atoms with van der Waals surface area (Å²) in [5, 5.41) is 8.69. The van der Waals surface area contributed by atoms with E-state index in [9.17, 15) is 9.59 Å². The van der Waals surface area contributed by atoms with E-state index >= 15 is 0 Å². The van der Waals surface area contributed by atoms with Crippen molar-refractivity contribution in [2.75, 3.05) is 18.9 Å². The summed E-state index contributed by atoms with van der Waals surface area (Å²) in [5.41, 5.74) is 2.62. The van der Waals surface area contributed by atoms with Crippen LogP contribution in [0.25, 0.3) is 0 Å². The largest absolute Gasteiger partial charge is 0.388 e. The monoisotopic (exact) mass is 291 g/mol. The molecule has 0 saturated heterocycles. The van der Waals surface area contributed by atoms with E-state index in [-0.39, 0.29) is 17.9 Å². The van der Waals surface area contributed by atoms with Crippen LogP contribution < -0.4 is 16.0 Å². The van der Waals surface area contributed by atoms with Crippen molar-refractivity contribution < 1.29 is 9.59 Å². The first-order chi connectivity index (χ1) is 9.97. The van der Waals surface area contributed by atoms with Gasteiger partial charge in [-0.15, -0.1) is 0 Å². The zero-order chi connectivity index (χ0) is 15.8. The Labute approximate surface area is 126 Å². The third-order valence-corrected chi connectivity index (χ3v) is 3.42. The van der Waals surface area contributed by atoms with Crippen LogP contribution in [-0.4, -0.2) is 31.4 Å². The second-order valence-electron chi connectivity index (χ2n) is 5.16. The first kappa shape index (κ1) is 17.0. The molecule has 0 aliphatic heterocycles. The maximum atomic E-state index is 12.0. The molecule has 0 radical (unpaired) electrons. The maximum absolute atomic E-state index is 12.0. The molecule has 0 aliphatic carbocycles. The molecule has 0 fully saturated rings. The van der Waals surface area contributed by atoms with Crippen molar-refractivity contribution in [3.8, 4) is 0 Å². The lowest BCUT2D eigenvalue weighted by molar-refractivity contribution is -0.121. The van der Waals surface area contributed by atoms with Crippen molar-refractivity contribution >= 4 is 17.5 Å². The number of anilines is 1. The van der Waals surface area contributed by atoms with Gasteiger partial charge in [0.1, 0.15) is 0 Å². The predicted molar refractivity (Wildman–Crippen MR) is 85.6 cm³/mol. The summed E-state index contributed by atoms with van der Waals surface area (Å²) in [7, 11) is 1.85. The Morgan fingerprint density at radius 1 is 1.29 bits per heavy atom. The minimum atomic E-state index is -0.155. The van der Waals surface area contributed by atoms with Crippen molar-refractivity contribution in [1.29, 1.82) is 0 Å². The average molecular weight is 291 g/mol. The minimum absolute atomic E-state index is 0.0358. The van der Waals surface area contributed by atoms with Crippen molar-refractivity contribution in [2.45, 2.75) is 39.7 Å². The van der Waals surface area contributed by atoms with Crippen LogP contribution in [0, 0.1) is 6.92 Å². The Hall–Kier alpha value is -2.04. The van der Waals surface area contributed by atoms with Gasteiger partial charge in [-0.25, -0.2) is 0 Å². The fourth-order valence-corrected chi connectivity index (χ4v) is 1.93. The van der Waals surface area contributed by atoms with Crippen LogP contribution in [0.4, 0.5) is 5.69 Å². The lowest BCUT2D eigenvalue weighted by atomic mass is 10.1. The molecule has 5 nitrogen and oxygen atoms in total. The Morgan fingerprint density at radius 3 is 2.57 bits per heavy atom. The molecule has 21 heavy (non-hydrogen) atoms. The number of hydrogen-bond acceptors (Lipinski definition) is 3. The van der Waals surface area contributed by atoms with Gasteiger partial charge in [0.2, 0.25) is 5.91 Å². The van der Waals surface area contributed by atoms with Crippen LogP contribution in [0.5, 0.6) is 0 Å². The van der Waals surface area contributed by atoms with Gasteiger partial charge in [-0.05, 0) is 44.0 Å². The standard InChI is InChI=1S/C16H25N3O2/c1-5-12(3)19-15(20)8-9-18-16(21)13-6-7-14(17-4)11(2)10-13/h6-7,10,12,17H,5,8-9H2,1-4H3,(H,18,21)(H,19,20). The number of nitrogens with one attached hydrogen (secondary N) is 3. The fourth-order valence-electron chi connectivity index (χ4n) is 1.93. The minimum Gasteiger partial charge on any atom is -0.388 e. The van der Waals surface area contributed by atoms with E-state index in [2.05, 4.69) is 16.0 Å². The van der Waals surface area contributed by atoms with Crippen molar-refractivity contribution in [3.05, 3.63) is 29.3 Å². The molecule has 5 heteroatoms. The lowest BCUT2D eigenvalue weighted by Gasteiger charge is -2.12. The number of benzene rings is 1. The van der Waals surface area contributed by atoms with E-state index in [0.29, 0.717) is 18.5 Å².